The third-order valence-electron chi connectivity index (χ3n) is 5.34. The van der Waals surface area contributed by atoms with Crippen LogP contribution in [0.25, 0.3) is 11.0 Å². The van der Waals surface area contributed by atoms with E-state index in [1.165, 1.54) is 32.1 Å². The Labute approximate surface area is 173 Å². The Balaban J connectivity index is 1.75. The molecule has 1 heterocycles. The van der Waals surface area contributed by atoms with Crippen molar-refractivity contribution >= 4 is 16.8 Å². The molecule has 2 aromatic carbocycles. The summed E-state index contributed by atoms with van der Waals surface area (Å²) < 4.78 is 7.86. The summed E-state index contributed by atoms with van der Waals surface area (Å²) in [7, 11) is 0. The normalized spacial score (nSPS) is 13.3. The SMILES string of the molecule is CCCCCCCCCC(=O)C(C)(Oc1ccccc1)n1nnc2ccccc21. The van der Waals surface area contributed by atoms with Crippen molar-refractivity contribution in [1.82, 2.24) is 15.0 Å². The van der Waals surface area contributed by atoms with Gasteiger partial charge < -0.3 is 4.74 Å². The van der Waals surface area contributed by atoms with Crippen LogP contribution in [0.1, 0.15) is 65.2 Å². The number of nitrogens with zero attached hydrogens (tertiary/aromatic N) is 3. The van der Waals surface area contributed by atoms with Gasteiger partial charge in [-0.1, -0.05) is 81.0 Å². The molecule has 1 aromatic heterocycles. The summed E-state index contributed by atoms with van der Waals surface area (Å²) in [6.07, 6.45) is 8.64. The molecule has 3 rings (SSSR count). The van der Waals surface area contributed by atoms with E-state index in [9.17, 15) is 4.79 Å². The van der Waals surface area contributed by atoms with Gasteiger partial charge in [-0.25, -0.2) is 0 Å². The van der Waals surface area contributed by atoms with Crippen molar-refractivity contribution in [3.05, 3.63) is 54.6 Å². The van der Waals surface area contributed by atoms with Crippen molar-refractivity contribution in [2.45, 2.75) is 70.9 Å². The fourth-order valence-corrected chi connectivity index (χ4v) is 3.59. The van der Waals surface area contributed by atoms with Crippen molar-refractivity contribution in [1.29, 1.82) is 0 Å². The maximum atomic E-state index is 13.3. The maximum Gasteiger partial charge on any atom is 0.259 e. The van der Waals surface area contributed by atoms with E-state index in [4.69, 9.17) is 4.74 Å². The van der Waals surface area contributed by atoms with Crippen molar-refractivity contribution in [3.8, 4) is 5.75 Å². The van der Waals surface area contributed by atoms with Gasteiger partial charge in [-0.2, -0.15) is 4.68 Å². The Morgan fingerprint density at radius 3 is 2.34 bits per heavy atom. The second-order valence-electron chi connectivity index (χ2n) is 7.68. The first-order valence-corrected chi connectivity index (χ1v) is 10.7. The number of hydrogen-bond acceptors (Lipinski definition) is 4. The quantitative estimate of drug-likeness (QED) is 0.360. The number of rotatable bonds is 12. The van der Waals surface area contributed by atoms with E-state index in [0.29, 0.717) is 12.2 Å². The summed E-state index contributed by atoms with van der Waals surface area (Å²) in [6.45, 7) is 4.02. The number of carbonyl (C=O) groups is 1. The molecule has 29 heavy (non-hydrogen) atoms. The van der Waals surface area contributed by atoms with E-state index in [2.05, 4.69) is 17.2 Å². The molecule has 0 fully saturated rings. The Kier molecular flexibility index (Phi) is 7.39. The summed E-state index contributed by atoms with van der Waals surface area (Å²) in [5.41, 5.74) is 0.303. The topological polar surface area (TPSA) is 57.0 Å². The van der Waals surface area contributed by atoms with E-state index in [1.807, 2.05) is 54.6 Å². The van der Waals surface area contributed by atoms with Gasteiger partial charge in [-0.3, -0.25) is 4.79 Å². The van der Waals surface area contributed by atoms with Crippen LogP contribution in [0.15, 0.2) is 54.6 Å². The van der Waals surface area contributed by atoms with Crippen molar-refractivity contribution in [3.63, 3.8) is 0 Å². The molecule has 0 saturated heterocycles. The summed E-state index contributed by atoms with van der Waals surface area (Å²) in [4.78, 5) is 13.3. The van der Waals surface area contributed by atoms with Gasteiger partial charge in [0.1, 0.15) is 11.3 Å². The van der Waals surface area contributed by atoms with E-state index in [0.717, 1.165) is 23.9 Å². The molecule has 3 aromatic rings. The average Bonchev–Trinajstić information content (AvgIpc) is 3.18. The number of unbranched alkanes of at least 4 members (excludes halogenated alkanes) is 6. The highest BCUT2D eigenvalue weighted by molar-refractivity contribution is 5.87. The molecule has 1 unspecified atom stereocenters. The van der Waals surface area contributed by atoms with Gasteiger partial charge in [-0.15, -0.1) is 5.10 Å². The van der Waals surface area contributed by atoms with Crippen LogP contribution in [0.4, 0.5) is 0 Å². The van der Waals surface area contributed by atoms with Crippen LogP contribution in [0.5, 0.6) is 5.75 Å². The van der Waals surface area contributed by atoms with Crippen LogP contribution in [-0.2, 0) is 10.5 Å². The van der Waals surface area contributed by atoms with E-state index in [-0.39, 0.29) is 5.78 Å². The zero-order chi connectivity index (χ0) is 20.5. The van der Waals surface area contributed by atoms with Gasteiger partial charge in [0.25, 0.3) is 5.72 Å². The fourth-order valence-electron chi connectivity index (χ4n) is 3.59. The predicted octanol–water partition coefficient (Wildman–Crippen LogP) is 5.89. The molecule has 5 heteroatoms. The van der Waals surface area contributed by atoms with Gasteiger partial charge in [0, 0.05) is 13.3 Å². The second kappa shape index (κ2) is 10.2. The minimum Gasteiger partial charge on any atom is -0.459 e. The predicted molar refractivity (Wildman–Crippen MR) is 116 cm³/mol. The number of aromatic nitrogens is 3. The minimum absolute atomic E-state index is 0.0190. The van der Waals surface area contributed by atoms with Crippen molar-refractivity contribution in [2.24, 2.45) is 0 Å². The standard InChI is InChI=1S/C24H31N3O2/c1-3-4-5-6-7-8-12-19-23(28)24(2,29-20-15-10-9-11-16-20)27-22-18-14-13-17-21(22)25-26-27/h9-11,13-18H,3-8,12,19H2,1-2H3. The van der Waals surface area contributed by atoms with Crippen LogP contribution in [0, 0.1) is 0 Å². The zero-order valence-electron chi connectivity index (χ0n) is 17.5. The van der Waals surface area contributed by atoms with Crippen molar-refractivity contribution in [2.75, 3.05) is 0 Å². The Bertz CT molecular complexity index is 907. The first kappa shape index (κ1) is 21.0. The molecule has 0 radical (unpaired) electrons. The number of carbonyl (C=O) groups excluding carboxylic acids is 1. The molecule has 0 saturated carbocycles. The van der Waals surface area contributed by atoms with Crippen molar-refractivity contribution < 1.29 is 9.53 Å². The van der Waals surface area contributed by atoms with Crippen LogP contribution >= 0.6 is 0 Å². The highest BCUT2D eigenvalue weighted by Crippen LogP contribution is 2.28. The molecule has 1 atom stereocenters. The fraction of sp³-hybridized carbons (Fsp3) is 0.458. The van der Waals surface area contributed by atoms with Gasteiger partial charge in [0.15, 0.2) is 5.78 Å². The second-order valence-corrected chi connectivity index (χ2v) is 7.68. The lowest BCUT2D eigenvalue weighted by Crippen LogP contribution is -2.45. The summed E-state index contributed by atoms with van der Waals surface area (Å²) in [6, 6.07) is 17.1. The number of fused-ring (bicyclic) bond motifs is 1. The molecule has 0 aliphatic carbocycles. The smallest absolute Gasteiger partial charge is 0.259 e. The van der Waals surface area contributed by atoms with Crippen LogP contribution < -0.4 is 4.74 Å². The van der Waals surface area contributed by atoms with Crippen LogP contribution in [0.3, 0.4) is 0 Å². The summed E-state index contributed by atoms with van der Waals surface area (Å²) >= 11 is 0. The number of hydrogen-bond donors (Lipinski definition) is 0. The highest BCUT2D eigenvalue weighted by atomic mass is 16.5. The maximum absolute atomic E-state index is 13.3. The molecule has 0 spiro atoms. The number of benzene rings is 2. The summed E-state index contributed by atoms with van der Waals surface area (Å²) in [5, 5.41) is 8.51. The Morgan fingerprint density at radius 1 is 0.931 bits per heavy atom. The van der Waals surface area contributed by atoms with E-state index < -0.39 is 5.72 Å². The van der Waals surface area contributed by atoms with E-state index >= 15 is 0 Å². The molecule has 0 aliphatic rings. The largest absolute Gasteiger partial charge is 0.459 e. The van der Waals surface area contributed by atoms with E-state index in [1.54, 1.807) is 11.6 Å². The van der Waals surface area contributed by atoms with Gasteiger partial charge in [0.05, 0.1) is 5.52 Å². The lowest BCUT2D eigenvalue weighted by atomic mass is 10.0. The molecule has 0 bridgehead atoms. The summed E-state index contributed by atoms with van der Waals surface area (Å²) in [5.74, 6) is 0.660. The average molecular weight is 394 g/mol. The first-order valence-electron chi connectivity index (χ1n) is 10.7. The number of Topliss-reactive ketones (excluding diaryl/α,β-unsaturated/α-hetero) is 1. The number of para-hydroxylation sites is 2. The zero-order valence-corrected chi connectivity index (χ0v) is 17.5. The molecule has 154 valence electrons. The van der Waals surface area contributed by atoms with Gasteiger partial charge >= 0.3 is 0 Å². The van der Waals surface area contributed by atoms with Gasteiger partial charge in [0.2, 0.25) is 0 Å². The molecule has 0 aliphatic heterocycles. The monoisotopic (exact) mass is 393 g/mol. The van der Waals surface area contributed by atoms with Crippen LogP contribution in [-0.4, -0.2) is 20.8 Å². The molecule has 0 amide bonds. The number of ketones is 1. The lowest BCUT2D eigenvalue weighted by Gasteiger charge is -2.29. The molecular weight excluding hydrogens is 362 g/mol. The lowest BCUT2D eigenvalue weighted by molar-refractivity contribution is -0.142. The third kappa shape index (κ3) is 5.22. The Hall–Kier alpha value is -2.69. The molecular formula is C24H31N3O2. The third-order valence-corrected chi connectivity index (χ3v) is 5.34. The van der Waals surface area contributed by atoms with Crippen LogP contribution in [0.2, 0.25) is 0 Å². The minimum atomic E-state index is -1.24. The molecule has 0 N–H and O–H groups in total. The highest BCUT2D eigenvalue weighted by Gasteiger charge is 2.39. The van der Waals surface area contributed by atoms with Gasteiger partial charge in [-0.05, 0) is 30.7 Å². The first-order chi connectivity index (χ1) is 14.1. The number of ether oxygens (including phenoxy) is 1. The Morgan fingerprint density at radius 2 is 1.59 bits per heavy atom. The molecule has 5 nitrogen and oxygen atoms in total.